The molecule has 2 rings (SSSR count). The van der Waals surface area contributed by atoms with Crippen molar-refractivity contribution < 1.29 is 23.1 Å². The van der Waals surface area contributed by atoms with Gasteiger partial charge >= 0.3 is 0 Å². The van der Waals surface area contributed by atoms with E-state index in [0.29, 0.717) is 0 Å². The van der Waals surface area contributed by atoms with Gasteiger partial charge < -0.3 is 10.4 Å². The zero-order valence-electron chi connectivity index (χ0n) is 10.8. The Bertz CT molecular complexity index is 661. The van der Waals surface area contributed by atoms with E-state index in [0.717, 1.165) is 18.2 Å². The Kier molecular flexibility index (Phi) is 4.59. The summed E-state index contributed by atoms with van der Waals surface area (Å²) in [5.41, 5.74) is -0.0438. The van der Waals surface area contributed by atoms with E-state index < -0.39 is 29.5 Å². The largest absolute Gasteiger partial charge is 0.386 e. The molecular weight excluding hydrogens is 283 g/mol. The second kappa shape index (κ2) is 6.41. The molecule has 0 saturated heterocycles. The smallest absolute Gasteiger partial charge is 0.251 e. The number of carbonyl (C=O) groups is 1. The summed E-state index contributed by atoms with van der Waals surface area (Å²) in [5, 5.41) is 12.1. The maximum absolute atomic E-state index is 13.4. The minimum absolute atomic E-state index is 0.0445. The molecule has 0 aliphatic carbocycles. The standard InChI is InChI=1S/C15H12F3NO2/c16-11-4-2-1-3-10(11)14(20)8-19-15(21)9-5-6-12(17)13(18)7-9/h1-7,14,20H,8H2,(H,19,21). The van der Waals surface area contributed by atoms with Crippen LogP contribution in [0.15, 0.2) is 42.5 Å². The van der Waals surface area contributed by atoms with Crippen molar-refractivity contribution in [3.05, 3.63) is 71.0 Å². The van der Waals surface area contributed by atoms with Crippen LogP contribution >= 0.6 is 0 Å². The first-order valence-corrected chi connectivity index (χ1v) is 6.15. The van der Waals surface area contributed by atoms with Crippen molar-refractivity contribution in [3.63, 3.8) is 0 Å². The zero-order chi connectivity index (χ0) is 15.4. The van der Waals surface area contributed by atoms with Gasteiger partial charge in [0, 0.05) is 17.7 Å². The summed E-state index contributed by atoms with van der Waals surface area (Å²) >= 11 is 0. The third kappa shape index (κ3) is 3.61. The molecule has 0 aromatic heterocycles. The SMILES string of the molecule is O=C(NCC(O)c1ccccc1F)c1ccc(F)c(F)c1. The molecule has 0 heterocycles. The minimum atomic E-state index is -1.24. The number of amides is 1. The van der Waals surface area contributed by atoms with Gasteiger partial charge in [0.15, 0.2) is 11.6 Å². The highest BCUT2D eigenvalue weighted by Crippen LogP contribution is 2.16. The van der Waals surface area contributed by atoms with Gasteiger partial charge in [-0.3, -0.25) is 4.79 Å². The summed E-state index contributed by atoms with van der Waals surface area (Å²) in [6.07, 6.45) is -1.24. The molecule has 0 spiro atoms. The first kappa shape index (κ1) is 15.1. The number of halogens is 3. The lowest BCUT2D eigenvalue weighted by Crippen LogP contribution is -2.28. The van der Waals surface area contributed by atoms with Crippen LogP contribution in [0.2, 0.25) is 0 Å². The van der Waals surface area contributed by atoms with Crippen LogP contribution in [-0.2, 0) is 0 Å². The minimum Gasteiger partial charge on any atom is -0.386 e. The first-order valence-electron chi connectivity index (χ1n) is 6.15. The predicted molar refractivity (Wildman–Crippen MR) is 70.1 cm³/mol. The van der Waals surface area contributed by atoms with Gasteiger partial charge in [0.1, 0.15) is 5.82 Å². The van der Waals surface area contributed by atoms with Gasteiger partial charge in [0.2, 0.25) is 0 Å². The van der Waals surface area contributed by atoms with Crippen molar-refractivity contribution >= 4 is 5.91 Å². The van der Waals surface area contributed by atoms with E-state index in [1.165, 1.54) is 18.2 Å². The van der Waals surface area contributed by atoms with Gasteiger partial charge in [-0.15, -0.1) is 0 Å². The fourth-order valence-corrected chi connectivity index (χ4v) is 1.78. The number of hydrogen-bond donors (Lipinski definition) is 2. The fourth-order valence-electron chi connectivity index (χ4n) is 1.78. The summed E-state index contributed by atoms with van der Waals surface area (Å²) in [6, 6.07) is 8.31. The van der Waals surface area contributed by atoms with Crippen LogP contribution < -0.4 is 5.32 Å². The third-order valence-corrected chi connectivity index (χ3v) is 2.90. The maximum atomic E-state index is 13.4. The number of nitrogens with one attached hydrogen (secondary N) is 1. The Morgan fingerprint density at radius 3 is 2.43 bits per heavy atom. The highest BCUT2D eigenvalue weighted by molar-refractivity contribution is 5.94. The summed E-state index contributed by atoms with van der Waals surface area (Å²) in [6.45, 7) is -0.251. The molecule has 0 saturated carbocycles. The average molecular weight is 295 g/mol. The van der Waals surface area contributed by atoms with E-state index in [9.17, 15) is 23.1 Å². The summed E-state index contributed by atoms with van der Waals surface area (Å²) in [4.78, 5) is 11.7. The first-order chi connectivity index (χ1) is 9.99. The lowest BCUT2D eigenvalue weighted by Gasteiger charge is -2.13. The normalized spacial score (nSPS) is 12.0. The van der Waals surface area contributed by atoms with Gasteiger partial charge in [-0.2, -0.15) is 0 Å². The second-order valence-corrected chi connectivity index (χ2v) is 4.38. The van der Waals surface area contributed by atoms with E-state index >= 15 is 0 Å². The van der Waals surface area contributed by atoms with Crippen molar-refractivity contribution in [2.75, 3.05) is 6.54 Å². The highest BCUT2D eigenvalue weighted by Gasteiger charge is 2.15. The molecule has 0 aliphatic heterocycles. The number of carbonyl (C=O) groups excluding carboxylic acids is 1. The Morgan fingerprint density at radius 2 is 1.76 bits per heavy atom. The van der Waals surface area contributed by atoms with Crippen molar-refractivity contribution in [1.29, 1.82) is 0 Å². The second-order valence-electron chi connectivity index (χ2n) is 4.38. The molecule has 1 atom stereocenters. The number of hydrogen-bond acceptors (Lipinski definition) is 2. The summed E-state index contributed by atoms with van der Waals surface area (Å²) < 4.78 is 39.2. The van der Waals surface area contributed by atoms with E-state index in [4.69, 9.17) is 0 Å². The zero-order valence-corrected chi connectivity index (χ0v) is 10.8. The number of rotatable bonds is 4. The van der Waals surface area contributed by atoms with Crippen LogP contribution in [0.5, 0.6) is 0 Å². The maximum Gasteiger partial charge on any atom is 0.251 e. The fraction of sp³-hybridized carbons (Fsp3) is 0.133. The van der Waals surface area contributed by atoms with Crippen molar-refractivity contribution in [2.24, 2.45) is 0 Å². The predicted octanol–water partition coefficient (Wildman–Crippen LogP) is 2.57. The molecule has 110 valence electrons. The molecule has 1 unspecified atom stereocenters. The van der Waals surface area contributed by atoms with Crippen molar-refractivity contribution in [1.82, 2.24) is 5.32 Å². The van der Waals surface area contributed by atoms with Crippen LogP contribution in [0.25, 0.3) is 0 Å². The van der Waals surface area contributed by atoms with Crippen LogP contribution in [0.4, 0.5) is 13.2 Å². The van der Waals surface area contributed by atoms with E-state index in [1.807, 2.05) is 0 Å². The Morgan fingerprint density at radius 1 is 1.05 bits per heavy atom. The Labute approximate surface area is 119 Å². The van der Waals surface area contributed by atoms with Crippen LogP contribution in [-0.4, -0.2) is 17.6 Å². The van der Waals surface area contributed by atoms with E-state index in [-0.39, 0.29) is 17.7 Å². The molecule has 21 heavy (non-hydrogen) atoms. The number of aliphatic hydroxyl groups excluding tert-OH is 1. The summed E-state index contributed by atoms with van der Waals surface area (Å²) in [7, 11) is 0. The van der Waals surface area contributed by atoms with Gasteiger partial charge in [0.25, 0.3) is 5.91 Å². The number of aliphatic hydroxyl groups is 1. The van der Waals surface area contributed by atoms with Crippen molar-refractivity contribution in [3.8, 4) is 0 Å². The molecule has 2 aromatic carbocycles. The molecule has 0 bridgehead atoms. The molecular formula is C15H12F3NO2. The van der Waals surface area contributed by atoms with Gasteiger partial charge in [0.05, 0.1) is 6.10 Å². The van der Waals surface area contributed by atoms with Gasteiger partial charge in [-0.1, -0.05) is 18.2 Å². The highest BCUT2D eigenvalue weighted by atomic mass is 19.2. The third-order valence-electron chi connectivity index (χ3n) is 2.90. The Hall–Kier alpha value is -2.34. The molecule has 0 fully saturated rings. The molecule has 3 nitrogen and oxygen atoms in total. The van der Waals surface area contributed by atoms with Gasteiger partial charge in [-0.05, 0) is 24.3 Å². The molecule has 1 amide bonds. The van der Waals surface area contributed by atoms with Crippen LogP contribution in [0.1, 0.15) is 22.0 Å². The van der Waals surface area contributed by atoms with E-state index in [2.05, 4.69) is 5.32 Å². The average Bonchev–Trinajstić information content (AvgIpc) is 2.47. The Balaban J connectivity index is 2.01. The van der Waals surface area contributed by atoms with Crippen LogP contribution in [0.3, 0.4) is 0 Å². The molecule has 6 heteroatoms. The lowest BCUT2D eigenvalue weighted by molar-refractivity contribution is 0.0913. The van der Waals surface area contributed by atoms with Gasteiger partial charge in [-0.25, -0.2) is 13.2 Å². The quantitative estimate of drug-likeness (QED) is 0.911. The molecule has 0 aliphatic rings. The molecule has 0 radical (unpaired) electrons. The summed E-state index contributed by atoms with van der Waals surface area (Å²) in [5.74, 6) is -3.48. The monoisotopic (exact) mass is 295 g/mol. The topological polar surface area (TPSA) is 49.3 Å². The molecule has 2 aromatic rings. The van der Waals surface area contributed by atoms with Crippen molar-refractivity contribution in [2.45, 2.75) is 6.10 Å². The van der Waals surface area contributed by atoms with E-state index in [1.54, 1.807) is 6.07 Å². The lowest BCUT2D eigenvalue weighted by atomic mass is 10.1. The number of benzene rings is 2. The van der Waals surface area contributed by atoms with Crippen LogP contribution in [0, 0.1) is 17.5 Å². The molecule has 2 N–H and O–H groups in total.